The molecule has 3 heterocycles. The third kappa shape index (κ3) is 3.52. The van der Waals surface area contributed by atoms with Crippen LogP contribution in [0.15, 0.2) is 17.0 Å². The van der Waals surface area contributed by atoms with Gasteiger partial charge in [-0.2, -0.15) is 0 Å². The molecule has 28 heavy (non-hydrogen) atoms. The fraction of sp³-hybridized carbons (Fsp3) is 0.389. The van der Waals surface area contributed by atoms with E-state index in [4.69, 9.17) is 18.9 Å². The predicted octanol–water partition coefficient (Wildman–Crippen LogP) is 1.32. The first-order valence-electron chi connectivity index (χ1n) is 8.65. The molecule has 3 amide bonds. The van der Waals surface area contributed by atoms with Crippen molar-refractivity contribution >= 4 is 34.9 Å². The Morgan fingerprint density at radius 2 is 1.93 bits per heavy atom. The van der Waals surface area contributed by atoms with Crippen LogP contribution in [0.3, 0.4) is 0 Å². The Bertz CT molecular complexity index is 864. The summed E-state index contributed by atoms with van der Waals surface area (Å²) in [6.07, 6.45) is 1.56. The number of imide groups is 1. The monoisotopic (exact) mass is 406 g/mol. The lowest BCUT2D eigenvalue weighted by molar-refractivity contribution is -0.139. The third-order valence-corrected chi connectivity index (χ3v) is 5.45. The minimum Gasteiger partial charge on any atom is -0.496 e. The molecule has 4 rings (SSSR count). The second-order valence-electron chi connectivity index (χ2n) is 6.21. The smallest absolute Gasteiger partial charge is 0.294 e. The summed E-state index contributed by atoms with van der Waals surface area (Å²) in [5, 5.41) is -0.474. The normalized spacial score (nSPS) is 20.2. The highest BCUT2D eigenvalue weighted by Crippen LogP contribution is 2.40. The van der Waals surface area contributed by atoms with Gasteiger partial charge in [0.2, 0.25) is 12.7 Å². The molecule has 3 aliphatic rings. The number of ether oxygens (including phenoxy) is 4. The Morgan fingerprint density at radius 1 is 1.21 bits per heavy atom. The third-order valence-electron chi connectivity index (χ3n) is 4.54. The fourth-order valence-corrected chi connectivity index (χ4v) is 3.88. The number of thioether (sulfide) groups is 1. The number of morpholine rings is 1. The highest BCUT2D eigenvalue weighted by atomic mass is 32.2. The highest BCUT2D eigenvalue weighted by molar-refractivity contribution is 8.18. The Kier molecular flexibility index (Phi) is 5.14. The van der Waals surface area contributed by atoms with Crippen molar-refractivity contribution in [2.45, 2.75) is 0 Å². The molecule has 0 atom stereocenters. The van der Waals surface area contributed by atoms with E-state index in [9.17, 15) is 14.4 Å². The summed E-state index contributed by atoms with van der Waals surface area (Å²) in [4.78, 5) is 40.2. The zero-order valence-corrected chi connectivity index (χ0v) is 16.0. The van der Waals surface area contributed by atoms with E-state index in [0.29, 0.717) is 49.1 Å². The van der Waals surface area contributed by atoms with E-state index in [-0.39, 0.29) is 24.2 Å². The number of nitrogens with zero attached hydrogens (tertiary/aromatic N) is 2. The SMILES string of the molecule is COc1cc2c(cc1C=C1SC(=O)N(CC(=O)N3CCOCC3)C1=O)OCO2. The van der Waals surface area contributed by atoms with Gasteiger partial charge in [0.15, 0.2) is 11.5 Å². The molecule has 9 nitrogen and oxygen atoms in total. The number of hydrogen-bond acceptors (Lipinski definition) is 8. The molecule has 0 bridgehead atoms. The van der Waals surface area contributed by atoms with Gasteiger partial charge in [0.05, 0.1) is 25.2 Å². The van der Waals surface area contributed by atoms with Crippen molar-refractivity contribution in [3.05, 3.63) is 22.6 Å². The van der Waals surface area contributed by atoms with Gasteiger partial charge in [-0.3, -0.25) is 19.3 Å². The molecular formula is C18H18N2O7S. The number of carbonyl (C=O) groups is 3. The minimum absolute atomic E-state index is 0.113. The minimum atomic E-state index is -0.503. The molecule has 0 aliphatic carbocycles. The van der Waals surface area contributed by atoms with Crippen LogP contribution in [0.25, 0.3) is 6.08 Å². The van der Waals surface area contributed by atoms with Gasteiger partial charge in [-0.05, 0) is 23.9 Å². The topological polar surface area (TPSA) is 94.6 Å². The molecule has 2 saturated heterocycles. The second kappa shape index (κ2) is 7.72. The first-order chi connectivity index (χ1) is 13.6. The number of rotatable bonds is 4. The summed E-state index contributed by atoms with van der Waals surface area (Å²) < 4.78 is 21.2. The van der Waals surface area contributed by atoms with E-state index >= 15 is 0 Å². The van der Waals surface area contributed by atoms with Crippen molar-refractivity contribution < 1.29 is 33.3 Å². The molecule has 0 radical (unpaired) electrons. The van der Waals surface area contributed by atoms with E-state index in [1.165, 1.54) is 7.11 Å². The molecule has 0 unspecified atom stereocenters. The van der Waals surface area contributed by atoms with Gasteiger partial charge in [0, 0.05) is 24.7 Å². The zero-order valence-electron chi connectivity index (χ0n) is 15.1. The van der Waals surface area contributed by atoms with Crippen LogP contribution in [0.1, 0.15) is 5.56 Å². The maximum absolute atomic E-state index is 12.7. The van der Waals surface area contributed by atoms with Crippen LogP contribution in [0.5, 0.6) is 17.2 Å². The van der Waals surface area contributed by atoms with Crippen LogP contribution in [0, 0.1) is 0 Å². The molecule has 2 fully saturated rings. The second-order valence-corrected chi connectivity index (χ2v) is 7.20. The number of methoxy groups -OCH3 is 1. The first-order valence-corrected chi connectivity index (χ1v) is 9.47. The Balaban J connectivity index is 1.53. The largest absolute Gasteiger partial charge is 0.496 e. The molecule has 1 aromatic rings. The zero-order chi connectivity index (χ0) is 19.7. The van der Waals surface area contributed by atoms with Crippen LogP contribution in [-0.4, -0.2) is 73.6 Å². The van der Waals surface area contributed by atoms with Crippen LogP contribution < -0.4 is 14.2 Å². The standard InChI is InChI=1S/C18H18N2O7S/c1-24-12-8-14-13(26-10-27-14)6-11(12)7-15-17(22)20(18(23)28-15)9-16(21)19-2-4-25-5-3-19/h6-8H,2-5,9-10H2,1H3. The van der Waals surface area contributed by atoms with Crippen molar-refractivity contribution in [1.29, 1.82) is 0 Å². The Morgan fingerprint density at radius 3 is 2.64 bits per heavy atom. The Hall–Kier alpha value is -2.72. The summed E-state index contributed by atoms with van der Waals surface area (Å²) in [6.45, 7) is 1.66. The molecular weight excluding hydrogens is 388 g/mol. The molecule has 0 spiro atoms. The lowest BCUT2D eigenvalue weighted by Gasteiger charge is -2.28. The van der Waals surface area contributed by atoms with Gasteiger partial charge >= 0.3 is 0 Å². The van der Waals surface area contributed by atoms with E-state index in [1.807, 2.05) is 0 Å². The number of amides is 3. The predicted molar refractivity (Wildman–Crippen MR) is 99.2 cm³/mol. The summed E-state index contributed by atoms with van der Waals surface area (Å²) >= 11 is 0.793. The average Bonchev–Trinajstić information content (AvgIpc) is 3.27. The van der Waals surface area contributed by atoms with Gasteiger partial charge in [-0.25, -0.2) is 0 Å². The number of fused-ring (bicyclic) bond motifs is 1. The summed E-state index contributed by atoms with van der Waals surface area (Å²) in [5.74, 6) is 0.802. The van der Waals surface area contributed by atoms with E-state index in [0.717, 1.165) is 16.7 Å². The van der Waals surface area contributed by atoms with Gasteiger partial charge in [-0.15, -0.1) is 0 Å². The van der Waals surface area contributed by atoms with Crippen molar-refractivity contribution in [3.8, 4) is 17.2 Å². The maximum atomic E-state index is 12.7. The quantitative estimate of drug-likeness (QED) is 0.691. The van der Waals surface area contributed by atoms with Crippen LogP contribution in [-0.2, 0) is 14.3 Å². The van der Waals surface area contributed by atoms with Crippen molar-refractivity contribution in [1.82, 2.24) is 9.80 Å². The van der Waals surface area contributed by atoms with Gasteiger partial charge in [0.25, 0.3) is 11.1 Å². The maximum Gasteiger partial charge on any atom is 0.294 e. The van der Waals surface area contributed by atoms with E-state index in [1.54, 1.807) is 23.1 Å². The van der Waals surface area contributed by atoms with Crippen molar-refractivity contribution in [2.24, 2.45) is 0 Å². The molecule has 0 saturated carbocycles. The molecule has 10 heteroatoms. The molecule has 0 aromatic heterocycles. The van der Waals surface area contributed by atoms with Crippen LogP contribution >= 0.6 is 11.8 Å². The number of carbonyl (C=O) groups excluding carboxylic acids is 3. The fourth-order valence-electron chi connectivity index (χ4n) is 3.05. The Labute approximate surface area is 165 Å². The van der Waals surface area contributed by atoms with Crippen LogP contribution in [0.2, 0.25) is 0 Å². The summed E-state index contributed by atoms with van der Waals surface area (Å²) in [5.41, 5.74) is 0.580. The highest BCUT2D eigenvalue weighted by Gasteiger charge is 2.37. The molecule has 3 aliphatic heterocycles. The number of benzene rings is 1. The van der Waals surface area contributed by atoms with Crippen LogP contribution in [0.4, 0.5) is 4.79 Å². The number of hydrogen-bond donors (Lipinski definition) is 0. The summed E-state index contributed by atoms with van der Waals surface area (Å²) in [7, 11) is 1.50. The molecule has 148 valence electrons. The van der Waals surface area contributed by atoms with Crippen molar-refractivity contribution in [2.75, 3.05) is 46.8 Å². The van der Waals surface area contributed by atoms with E-state index in [2.05, 4.69) is 0 Å². The summed E-state index contributed by atoms with van der Waals surface area (Å²) in [6, 6.07) is 3.36. The lowest BCUT2D eigenvalue weighted by Crippen LogP contribution is -2.46. The first kappa shape index (κ1) is 18.6. The lowest BCUT2D eigenvalue weighted by atomic mass is 10.1. The average molecular weight is 406 g/mol. The van der Waals surface area contributed by atoms with Gasteiger partial charge in [-0.1, -0.05) is 0 Å². The van der Waals surface area contributed by atoms with E-state index < -0.39 is 11.1 Å². The van der Waals surface area contributed by atoms with Crippen molar-refractivity contribution in [3.63, 3.8) is 0 Å². The van der Waals surface area contributed by atoms with Gasteiger partial charge < -0.3 is 23.8 Å². The molecule has 1 aromatic carbocycles. The van der Waals surface area contributed by atoms with Gasteiger partial charge in [0.1, 0.15) is 12.3 Å². The molecule has 0 N–H and O–H groups in total.